The molecule has 1 aromatic rings. The van der Waals surface area contributed by atoms with Gasteiger partial charge in [-0.15, -0.1) is 0 Å². The second kappa shape index (κ2) is 6.13. The lowest BCUT2D eigenvalue weighted by atomic mass is 9.91. The summed E-state index contributed by atoms with van der Waals surface area (Å²) in [6.07, 6.45) is 2.33. The molecule has 1 fully saturated rings. The Morgan fingerprint density at radius 1 is 1.44 bits per heavy atom. The Morgan fingerprint density at radius 2 is 2.11 bits per heavy atom. The van der Waals surface area contributed by atoms with Crippen molar-refractivity contribution in [2.75, 3.05) is 13.1 Å². The van der Waals surface area contributed by atoms with Gasteiger partial charge in [0, 0.05) is 12.6 Å². The van der Waals surface area contributed by atoms with Gasteiger partial charge in [0.05, 0.1) is 4.47 Å². The number of benzene rings is 1. The molecule has 0 bridgehead atoms. The molecule has 0 amide bonds. The zero-order chi connectivity index (χ0) is 13.1. The Bertz CT molecular complexity index is 401. The second-order valence-electron chi connectivity index (χ2n) is 5.22. The highest BCUT2D eigenvalue weighted by molar-refractivity contribution is 9.10. The molecule has 1 heterocycles. The van der Waals surface area contributed by atoms with Crippen LogP contribution in [-0.4, -0.2) is 24.0 Å². The molecule has 1 aliphatic heterocycles. The molecule has 1 aliphatic rings. The van der Waals surface area contributed by atoms with Crippen molar-refractivity contribution >= 4 is 15.9 Å². The van der Waals surface area contributed by atoms with Gasteiger partial charge in [0.1, 0.15) is 5.82 Å². The van der Waals surface area contributed by atoms with Gasteiger partial charge < -0.3 is 5.73 Å². The molecule has 4 heteroatoms. The summed E-state index contributed by atoms with van der Waals surface area (Å²) in [4.78, 5) is 2.42. The van der Waals surface area contributed by atoms with Crippen LogP contribution in [0, 0.1) is 11.7 Å². The molecule has 0 aliphatic carbocycles. The third kappa shape index (κ3) is 3.53. The number of nitrogens with two attached hydrogens (primary N) is 1. The number of hydrogen-bond acceptors (Lipinski definition) is 2. The summed E-state index contributed by atoms with van der Waals surface area (Å²) in [6.45, 7) is 5.16. The molecule has 0 saturated carbocycles. The van der Waals surface area contributed by atoms with Gasteiger partial charge in [-0.1, -0.05) is 6.07 Å². The summed E-state index contributed by atoms with van der Waals surface area (Å²) in [7, 11) is 0. The van der Waals surface area contributed by atoms with E-state index < -0.39 is 0 Å². The average molecular weight is 315 g/mol. The van der Waals surface area contributed by atoms with Crippen LogP contribution in [0.1, 0.15) is 25.3 Å². The van der Waals surface area contributed by atoms with Crippen LogP contribution >= 0.6 is 15.9 Å². The Balaban J connectivity index is 1.89. The second-order valence-corrected chi connectivity index (χ2v) is 6.08. The minimum atomic E-state index is -0.200. The van der Waals surface area contributed by atoms with E-state index in [-0.39, 0.29) is 5.82 Å². The summed E-state index contributed by atoms with van der Waals surface area (Å²) in [6, 6.07) is 5.55. The van der Waals surface area contributed by atoms with Crippen molar-refractivity contribution in [2.24, 2.45) is 11.7 Å². The molecule has 1 atom stereocenters. The number of likely N-dealkylation sites (tertiary alicyclic amines) is 1. The maximum Gasteiger partial charge on any atom is 0.137 e. The first kappa shape index (κ1) is 14.0. The molecule has 1 unspecified atom stereocenters. The van der Waals surface area contributed by atoms with Gasteiger partial charge >= 0.3 is 0 Å². The molecule has 0 spiro atoms. The minimum absolute atomic E-state index is 0.200. The van der Waals surface area contributed by atoms with E-state index in [1.165, 1.54) is 18.9 Å². The fourth-order valence-corrected chi connectivity index (χ4v) is 2.96. The number of piperidine rings is 1. The van der Waals surface area contributed by atoms with E-state index in [1.807, 2.05) is 12.1 Å². The first-order valence-corrected chi connectivity index (χ1v) is 7.27. The SMILES string of the molecule is CC(N)C1CCN(Cc2ccc(F)c(Br)c2)CC1. The average Bonchev–Trinajstić information content (AvgIpc) is 2.34. The van der Waals surface area contributed by atoms with Gasteiger partial charge in [-0.2, -0.15) is 0 Å². The number of nitrogens with zero attached hydrogens (tertiary/aromatic N) is 1. The van der Waals surface area contributed by atoms with Crippen molar-refractivity contribution in [3.05, 3.63) is 34.1 Å². The fraction of sp³-hybridized carbons (Fsp3) is 0.571. The van der Waals surface area contributed by atoms with E-state index in [2.05, 4.69) is 27.8 Å². The lowest BCUT2D eigenvalue weighted by Crippen LogP contribution is -2.39. The van der Waals surface area contributed by atoms with Crippen LogP contribution < -0.4 is 5.73 Å². The van der Waals surface area contributed by atoms with Crippen molar-refractivity contribution in [1.29, 1.82) is 0 Å². The van der Waals surface area contributed by atoms with E-state index in [0.29, 0.717) is 16.4 Å². The maximum absolute atomic E-state index is 13.1. The van der Waals surface area contributed by atoms with E-state index in [4.69, 9.17) is 5.73 Å². The first-order valence-electron chi connectivity index (χ1n) is 6.48. The standard InChI is InChI=1S/C14H20BrFN2/c1-10(17)12-4-6-18(7-5-12)9-11-2-3-14(16)13(15)8-11/h2-3,8,10,12H,4-7,9,17H2,1H3. The summed E-state index contributed by atoms with van der Waals surface area (Å²) < 4.78 is 13.7. The predicted octanol–water partition coefficient (Wildman–Crippen LogP) is 3.15. The van der Waals surface area contributed by atoms with Crippen molar-refractivity contribution in [3.63, 3.8) is 0 Å². The Labute approximate surface area is 116 Å². The van der Waals surface area contributed by atoms with Gasteiger partial charge in [0.2, 0.25) is 0 Å². The van der Waals surface area contributed by atoms with Crippen LogP contribution in [0.3, 0.4) is 0 Å². The van der Waals surface area contributed by atoms with Crippen molar-refractivity contribution in [2.45, 2.75) is 32.4 Å². The van der Waals surface area contributed by atoms with Gasteiger partial charge in [-0.25, -0.2) is 4.39 Å². The van der Waals surface area contributed by atoms with Gasteiger partial charge in [0.25, 0.3) is 0 Å². The molecule has 100 valence electrons. The monoisotopic (exact) mass is 314 g/mol. The fourth-order valence-electron chi connectivity index (χ4n) is 2.53. The molecular weight excluding hydrogens is 295 g/mol. The summed E-state index contributed by atoms with van der Waals surface area (Å²) >= 11 is 3.23. The Morgan fingerprint density at radius 3 is 2.67 bits per heavy atom. The normalized spacial score (nSPS) is 20.0. The van der Waals surface area contributed by atoms with E-state index in [1.54, 1.807) is 0 Å². The molecule has 0 radical (unpaired) electrons. The molecule has 2 nitrogen and oxygen atoms in total. The Kier molecular flexibility index (Phi) is 4.76. The van der Waals surface area contributed by atoms with Crippen molar-refractivity contribution in [1.82, 2.24) is 4.90 Å². The predicted molar refractivity (Wildman–Crippen MR) is 75.8 cm³/mol. The van der Waals surface area contributed by atoms with Crippen LogP contribution in [-0.2, 0) is 6.54 Å². The molecular formula is C14H20BrFN2. The molecule has 1 aromatic carbocycles. The highest BCUT2D eigenvalue weighted by Gasteiger charge is 2.21. The lowest BCUT2D eigenvalue weighted by Gasteiger charge is -2.33. The lowest BCUT2D eigenvalue weighted by molar-refractivity contribution is 0.165. The van der Waals surface area contributed by atoms with Crippen molar-refractivity contribution < 1.29 is 4.39 Å². The van der Waals surface area contributed by atoms with Gasteiger partial charge in [-0.05, 0) is 72.4 Å². The summed E-state index contributed by atoms with van der Waals surface area (Å²) in [5, 5.41) is 0. The third-order valence-electron chi connectivity index (χ3n) is 3.77. The number of halogens is 2. The summed E-state index contributed by atoms with van der Waals surface area (Å²) in [5.41, 5.74) is 7.09. The maximum atomic E-state index is 13.1. The van der Waals surface area contributed by atoms with Crippen LogP contribution in [0.5, 0.6) is 0 Å². The van der Waals surface area contributed by atoms with E-state index in [0.717, 1.165) is 25.2 Å². The molecule has 18 heavy (non-hydrogen) atoms. The largest absolute Gasteiger partial charge is 0.328 e. The number of rotatable bonds is 3. The van der Waals surface area contributed by atoms with Crippen molar-refractivity contribution in [3.8, 4) is 0 Å². The molecule has 2 rings (SSSR count). The van der Waals surface area contributed by atoms with Gasteiger partial charge in [0.15, 0.2) is 0 Å². The van der Waals surface area contributed by atoms with E-state index >= 15 is 0 Å². The number of hydrogen-bond donors (Lipinski definition) is 1. The topological polar surface area (TPSA) is 29.3 Å². The molecule has 0 aromatic heterocycles. The van der Waals surface area contributed by atoms with Crippen LogP contribution in [0.25, 0.3) is 0 Å². The van der Waals surface area contributed by atoms with Crippen LogP contribution in [0.2, 0.25) is 0 Å². The van der Waals surface area contributed by atoms with E-state index in [9.17, 15) is 4.39 Å². The smallest absolute Gasteiger partial charge is 0.137 e. The Hall–Kier alpha value is -0.450. The zero-order valence-electron chi connectivity index (χ0n) is 10.7. The zero-order valence-corrected chi connectivity index (χ0v) is 12.3. The highest BCUT2D eigenvalue weighted by Crippen LogP contribution is 2.22. The minimum Gasteiger partial charge on any atom is -0.328 e. The van der Waals surface area contributed by atoms with Gasteiger partial charge in [-0.3, -0.25) is 4.90 Å². The molecule has 2 N–H and O–H groups in total. The molecule has 1 saturated heterocycles. The quantitative estimate of drug-likeness (QED) is 0.928. The summed E-state index contributed by atoms with van der Waals surface area (Å²) in [5.74, 6) is 0.454. The first-order chi connectivity index (χ1) is 8.56. The third-order valence-corrected chi connectivity index (χ3v) is 4.37. The van der Waals surface area contributed by atoms with Crippen LogP contribution in [0.15, 0.2) is 22.7 Å². The highest BCUT2D eigenvalue weighted by atomic mass is 79.9. The van der Waals surface area contributed by atoms with Crippen LogP contribution in [0.4, 0.5) is 4.39 Å².